The zero-order valence-corrected chi connectivity index (χ0v) is 14.2. The Morgan fingerprint density at radius 3 is 2.38 bits per heavy atom. The molecule has 0 aliphatic heterocycles. The molecule has 0 aliphatic rings. The van der Waals surface area contributed by atoms with Crippen LogP contribution in [0.2, 0.25) is 0 Å². The van der Waals surface area contributed by atoms with Gasteiger partial charge in [-0.3, -0.25) is 0 Å². The van der Waals surface area contributed by atoms with Crippen molar-refractivity contribution in [1.82, 2.24) is 0 Å². The van der Waals surface area contributed by atoms with E-state index in [4.69, 9.17) is 9.47 Å². The van der Waals surface area contributed by atoms with Gasteiger partial charge in [-0.2, -0.15) is 0 Å². The van der Waals surface area contributed by atoms with E-state index >= 15 is 0 Å². The summed E-state index contributed by atoms with van der Waals surface area (Å²) in [7, 11) is 3.17. The molecule has 0 aliphatic carbocycles. The summed E-state index contributed by atoms with van der Waals surface area (Å²) in [6.45, 7) is 3.76. The van der Waals surface area contributed by atoms with Gasteiger partial charge in [0.25, 0.3) is 0 Å². The Hall–Kier alpha value is -1.52. The maximum atomic E-state index is 11.0. The first-order valence-corrected chi connectivity index (χ1v) is 7.41. The van der Waals surface area contributed by atoms with Gasteiger partial charge in [-0.25, -0.2) is 0 Å². The van der Waals surface area contributed by atoms with Crippen LogP contribution in [0.1, 0.15) is 23.6 Å². The molecule has 0 bridgehead atoms. The quantitative estimate of drug-likeness (QED) is 0.904. The monoisotopic (exact) mass is 350 g/mol. The standard InChI is InChI=1S/C17H19BrO3/c1-11-6-5-7-12(10-11)17(2,19)13-8-9-14(20-3)15(18)16(13)21-4/h5-10,19H,1-4H3. The number of rotatable bonds is 4. The van der Waals surface area contributed by atoms with Crippen molar-refractivity contribution in [2.45, 2.75) is 19.4 Å². The molecule has 1 unspecified atom stereocenters. The molecule has 0 radical (unpaired) electrons. The Morgan fingerprint density at radius 1 is 1.10 bits per heavy atom. The lowest BCUT2D eigenvalue weighted by molar-refractivity contribution is 0.0986. The minimum Gasteiger partial charge on any atom is -0.495 e. The van der Waals surface area contributed by atoms with E-state index in [0.717, 1.165) is 11.1 Å². The highest BCUT2D eigenvalue weighted by Gasteiger charge is 2.31. The molecule has 2 rings (SSSR count). The summed E-state index contributed by atoms with van der Waals surface area (Å²) in [5.74, 6) is 1.23. The van der Waals surface area contributed by atoms with Gasteiger partial charge in [0.2, 0.25) is 0 Å². The zero-order valence-electron chi connectivity index (χ0n) is 12.6. The van der Waals surface area contributed by atoms with Crippen molar-refractivity contribution < 1.29 is 14.6 Å². The van der Waals surface area contributed by atoms with Crippen molar-refractivity contribution in [3.05, 3.63) is 57.6 Å². The fraction of sp³-hybridized carbons (Fsp3) is 0.294. The molecule has 0 saturated carbocycles. The Morgan fingerprint density at radius 2 is 1.81 bits per heavy atom. The molecule has 0 heterocycles. The first kappa shape index (κ1) is 15.9. The maximum Gasteiger partial charge on any atom is 0.143 e. The number of aliphatic hydroxyl groups is 1. The van der Waals surface area contributed by atoms with Crippen molar-refractivity contribution in [3.63, 3.8) is 0 Å². The summed E-state index contributed by atoms with van der Waals surface area (Å²) < 4.78 is 11.4. The maximum absolute atomic E-state index is 11.0. The highest BCUT2D eigenvalue weighted by atomic mass is 79.9. The van der Waals surface area contributed by atoms with Crippen LogP contribution in [-0.4, -0.2) is 19.3 Å². The topological polar surface area (TPSA) is 38.7 Å². The van der Waals surface area contributed by atoms with Gasteiger partial charge in [-0.05, 0) is 47.5 Å². The Kier molecular flexibility index (Phi) is 4.59. The fourth-order valence-corrected chi connectivity index (χ4v) is 3.05. The Labute approximate surface area is 133 Å². The normalized spacial score (nSPS) is 13.6. The van der Waals surface area contributed by atoms with E-state index in [2.05, 4.69) is 15.9 Å². The van der Waals surface area contributed by atoms with Crippen LogP contribution in [0.15, 0.2) is 40.9 Å². The van der Waals surface area contributed by atoms with Crippen LogP contribution in [0.3, 0.4) is 0 Å². The van der Waals surface area contributed by atoms with E-state index in [1.807, 2.05) is 43.3 Å². The summed E-state index contributed by atoms with van der Waals surface area (Å²) >= 11 is 3.47. The van der Waals surface area contributed by atoms with Crippen LogP contribution in [0.4, 0.5) is 0 Å². The van der Waals surface area contributed by atoms with E-state index in [0.29, 0.717) is 21.5 Å². The molecule has 2 aromatic carbocycles. The second-order valence-electron chi connectivity index (χ2n) is 5.10. The molecule has 0 aromatic heterocycles. The largest absolute Gasteiger partial charge is 0.495 e. The summed E-state index contributed by atoms with van der Waals surface area (Å²) in [5, 5.41) is 11.0. The third-order valence-corrected chi connectivity index (χ3v) is 4.34. The SMILES string of the molecule is COc1ccc(C(C)(O)c2cccc(C)c2)c(OC)c1Br. The number of hydrogen-bond acceptors (Lipinski definition) is 3. The smallest absolute Gasteiger partial charge is 0.143 e. The number of benzene rings is 2. The lowest BCUT2D eigenvalue weighted by Gasteiger charge is -2.27. The predicted molar refractivity (Wildman–Crippen MR) is 87.1 cm³/mol. The molecular weight excluding hydrogens is 332 g/mol. The van der Waals surface area contributed by atoms with Crippen molar-refractivity contribution in [3.8, 4) is 11.5 Å². The van der Waals surface area contributed by atoms with Crippen molar-refractivity contribution in [1.29, 1.82) is 0 Å². The van der Waals surface area contributed by atoms with Crippen LogP contribution >= 0.6 is 15.9 Å². The van der Waals surface area contributed by atoms with Crippen LogP contribution in [0, 0.1) is 6.92 Å². The molecule has 3 nitrogen and oxygen atoms in total. The molecule has 4 heteroatoms. The van der Waals surface area contributed by atoms with Gasteiger partial charge in [0, 0.05) is 5.56 Å². The molecule has 0 amide bonds. The molecule has 1 atom stereocenters. The predicted octanol–water partition coefficient (Wildman–Crippen LogP) is 4.03. The average Bonchev–Trinajstić information content (AvgIpc) is 2.46. The fourth-order valence-electron chi connectivity index (χ4n) is 2.38. The lowest BCUT2D eigenvalue weighted by Crippen LogP contribution is -2.24. The van der Waals surface area contributed by atoms with Crippen molar-refractivity contribution >= 4 is 15.9 Å². The van der Waals surface area contributed by atoms with E-state index in [1.165, 1.54) is 0 Å². The van der Waals surface area contributed by atoms with Gasteiger partial charge >= 0.3 is 0 Å². The van der Waals surface area contributed by atoms with Gasteiger partial charge in [0.1, 0.15) is 21.6 Å². The van der Waals surface area contributed by atoms with Gasteiger partial charge in [0.15, 0.2) is 0 Å². The first-order chi connectivity index (χ1) is 9.91. The second-order valence-corrected chi connectivity index (χ2v) is 5.90. The number of methoxy groups -OCH3 is 2. The van der Waals surface area contributed by atoms with Crippen LogP contribution in [-0.2, 0) is 5.60 Å². The van der Waals surface area contributed by atoms with E-state index in [1.54, 1.807) is 21.1 Å². The van der Waals surface area contributed by atoms with Crippen LogP contribution < -0.4 is 9.47 Å². The van der Waals surface area contributed by atoms with E-state index in [9.17, 15) is 5.11 Å². The summed E-state index contributed by atoms with van der Waals surface area (Å²) in [6, 6.07) is 11.4. The third-order valence-electron chi connectivity index (χ3n) is 3.59. The highest BCUT2D eigenvalue weighted by molar-refractivity contribution is 9.10. The molecular formula is C17H19BrO3. The summed E-state index contributed by atoms with van der Waals surface area (Å²) in [6.07, 6.45) is 0. The highest BCUT2D eigenvalue weighted by Crippen LogP contribution is 2.43. The number of aryl methyl sites for hydroxylation is 1. The summed E-state index contributed by atoms with van der Waals surface area (Å²) in [5.41, 5.74) is 1.44. The first-order valence-electron chi connectivity index (χ1n) is 6.62. The molecule has 21 heavy (non-hydrogen) atoms. The van der Waals surface area contributed by atoms with E-state index in [-0.39, 0.29) is 0 Å². The lowest BCUT2D eigenvalue weighted by atomic mass is 9.87. The molecule has 2 aromatic rings. The van der Waals surface area contributed by atoms with E-state index < -0.39 is 5.60 Å². The van der Waals surface area contributed by atoms with Gasteiger partial charge < -0.3 is 14.6 Å². The van der Waals surface area contributed by atoms with Gasteiger partial charge in [0.05, 0.1) is 14.2 Å². The second kappa shape index (κ2) is 6.08. The molecule has 0 fully saturated rings. The molecule has 0 saturated heterocycles. The minimum absolute atomic E-state index is 0.570. The number of hydrogen-bond donors (Lipinski definition) is 1. The minimum atomic E-state index is -1.16. The van der Waals surface area contributed by atoms with Gasteiger partial charge in [-0.1, -0.05) is 29.8 Å². The molecule has 112 valence electrons. The van der Waals surface area contributed by atoms with Gasteiger partial charge in [-0.15, -0.1) is 0 Å². The Balaban J connectivity index is 2.62. The average molecular weight is 351 g/mol. The number of halogens is 1. The number of ether oxygens (including phenoxy) is 2. The molecule has 0 spiro atoms. The zero-order chi connectivity index (χ0) is 15.6. The molecule has 1 N–H and O–H groups in total. The van der Waals surface area contributed by atoms with Crippen molar-refractivity contribution in [2.75, 3.05) is 14.2 Å². The van der Waals surface area contributed by atoms with Crippen LogP contribution in [0.25, 0.3) is 0 Å². The third kappa shape index (κ3) is 2.92. The Bertz CT molecular complexity index is 650. The summed E-state index contributed by atoms with van der Waals surface area (Å²) in [4.78, 5) is 0. The van der Waals surface area contributed by atoms with Crippen LogP contribution in [0.5, 0.6) is 11.5 Å². The van der Waals surface area contributed by atoms with Crippen molar-refractivity contribution in [2.24, 2.45) is 0 Å².